The highest BCUT2D eigenvalue weighted by molar-refractivity contribution is 8.01. The molecule has 4 rings (SSSR count). The number of rotatable bonds is 4. The zero-order valence-corrected chi connectivity index (χ0v) is 15.1. The highest BCUT2D eigenvalue weighted by Crippen LogP contribution is 2.50. The second-order valence-corrected chi connectivity index (χ2v) is 8.60. The van der Waals surface area contributed by atoms with Crippen molar-refractivity contribution in [3.8, 4) is 11.3 Å². The Kier molecular flexibility index (Phi) is 3.95. The number of hydrogen-bond donors (Lipinski definition) is 0. The van der Waals surface area contributed by atoms with E-state index < -0.39 is 22.6 Å². The van der Waals surface area contributed by atoms with Crippen LogP contribution in [0, 0.1) is 0 Å². The lowest BCUT2D eigenvalue weighted by Crippen LogP contribution is -2.57. The van der Waals surface area contributed by atoms with Crippen LogP contribution in [-0.4, -0.2) is 32.9 Å². The number of thioether (sulfide) groups is 1. The Morgan fingerprint density at radius 3 is 2.69 bits per heavy atom. The van der Waals surface area contributed by atoms with Gasteiger partial charge in [-0.3, -0.25) is 4.79 Å². The zero-order valence-electron chi connectivity index (χ0n) is 14.3. The van der Waals surface area contributed by atoms with Crippen molar-refractivity contribution in [3.63, 3.8) is 0 Å². The first kappa shape index (κ1) is 17.0. The molecule has 0 saturated carbocycles. The van der Waals surface area contributed by atoms with Gasteiger partial charge in [-0.05, 0) is 13.8 Å². The lowest BCUT2D eigenvalue weighted by atomic mass is 9.98. The van der Waals surface area contributed by atoms with Crippen molar-refractivity contribution in [2.75, 3.05) is 0 Å². The molecular formula is C18H17NO6S. The van der Waals surface area contributed by atoms with Gasteiger partial charge in [-0.15, -0.1) is 11.8 Å². The fourth-order valence-electron chi connectivity index (χ4n) is 3.39. The summed E-state index contributed by atoms with van der Waals surface area (Å²) in [6, 6.07) is 8.30. The lowest BCUT2D eigenvalue weighted by molar-refractivity contribution is -0.162. The van der Waals surface area contributed by atoms with Gasteiger partial charge in [0.15, 0.2) is 18.1 Å². The summed E-state index contributed by atoms with van der Waals surface area (Å²) in [4.78, 5) is 37.6. The van der Waals surface area contributed by atoms with E-state index in [4.69, 9.17) is 13.6 Å². The summed E-state index contributed by atoms with van der Waals surface area (Å²) in [5, 5.41) is 0.0294. The first-order valence-corrected chi connectivity index (χ1v) is 9.08. The van der Waals surface area contributed by atoms with Gasteiger partial charge >= 0.3 is 11.8 Å². The average molecular weight is 375 g/mol. The Balaban J connectivity index is 1.52. The van der Waals surface area contributed by atoms with Crippen molar-refractivity contribution in [2.24, 2.45) is 0 Å². The van der Waals surface area contributed by atoms with Gasteiger partial charge in [0.1, 0.15) is 6.04 Å². The largest absolute Gasteiger partial charge is 0.519 e. The minimum atomic E-state index is -0.857. The molecule has 2 fully saturated rings. The van der Waals surface area contributed by atoms with E-state index >= 15 is 0 Å². The minimum absolute atomic E-state index is 0.0294. The predicted octanol–water partition coefficient (Wildman–Crippen LogP) is 2.40. The molecule has 2 aromatic rings. The van der Waals surface area contributed by atoms with Crippen LogP contribution < -0.4 is 5.82 Å². The van der Waals surface area contributed by atoms with Crippen LogP contribution in [0.5, 0.6) is 0 Å². The molecule has 0 radical (unpaired) electrons. The summed E-state index contributed by atoms with van der Waals surface area (Å²) in [5.74, 6) is -1.04. The van der Waals surface area contributed by atoms with Crippen LogP contribution in [0.4, 0.5) is 0 Å². The third kappa shape index (κ3) is 2.74. The van der Waals surface area contributed by atoms with Crippen LogP contribution in [0.25, 0.3) is 11.3 Å². The molecule has 2 atom stereocenters. The van der Waals surface area contributed by atoms with Crippen LogP contribution in [-0.2, 0) is 20.9 Å². The number of fused-ring (bicyclic) bond motifs is 1. The Morgan fingerprint density at radius 2 is 2.00 bits per heavy atom. The van der Waals surface area contributed by atoms with Crippen LogP contribution in [0.2, 0.25) is 0 Å². The van der Waals surface area contributed by atoms with Gasteiger partial charge < -0.3 is 18.5 Å². The number of ether oxygens (including phenoxy) is 1. The number of hydrogen-bond acceptors (Lipinski definition) is 7. The Morgan fingerprint density at radius 1 is 1.27 bits per heavy atom. The number of carbonyl (C=O) groups is 2. The highest BCUT2D eigenvalue weighted by atomic mass is 32.2. The SMILES string of the molecule is CC1(C)S[C@@H]2CC(=O)N2[C@H]1C(=O)OCc1oc(=O)oc1-c1ccccc1. The highest BCUT2D eigenvalue weighted by Gasteiger charge is 2.59. The van der Waals surface area contributed by atoms with E-state index in [9.17, 15) is 14.4 Å². The van der Waals surface area contributed by atoms with Crippen LogP contribution in [0.1, 0.15) is 26.0 Å². The number of nitrogens with zero attached hydrogens (tertiary/aromatic N) is 1. The fourth-order valence-corrected chi connectivity index (χ4v) is 5.00. The van der Waals surface area contributed by atoms with E-state index in [2.05, 4.69) is 0 Å². The predicted molar refractivity (Wildman–Crippen MR) is 93.2 cm³/mol. The smallest absolute Gasteiger partial charge is 0.456 e. The maximum atomic E-state index is 12.6. The molecule has 0 aliphatic carbocycles. The minimum Gasteiger partial charge on any atom is -0.456 e. The summed E-state index contributed by atoms with van der Waals surface area (Å²) < 4.78 is 15.1. The van der Waals surface area contributed by atoms with Crippen molar-refractivity contribution in [3.05, 3.63) is 46.7 Å². The Hall–Kier alpha value is -2.48. The molecule has 1 aromatic heterocycles. The van der Waals surface area contributed by atoms with E-state index in [0.29, 0.717) is 12.0 Å². The van der Waals surface area contributed by atoms with Crippen molar-refractivity contribution in [2.45, 2.75) is 43.0 Å². The summed E-state index contributed by atoms with van der Waals surface area (Å²) in [5.41, 5.74) is 0.652. The average Bonchev–Trinajstić information content (AvgIpc) is 3.07. The molecule has 8 heteroatoms. The summed E-state index contributed by atoms with van der Waals surface area (Å²) >= 11 is 1.60. The topological polar surface area (TPSA) is 90.0 Å². The Labute approximate surface area is 153 Å². The van der Waals surface area contributed by atoms with Gasteiger partial charge in [-0.1, -0.05) is 30.3 Å². The third-order valence-electron chi connectivity index (χ3n) is 4.57. The number of esters is 1. The first-order chi connectivity index (χ1) is 12.4. The molecular weight excluding hydrogens is 358 g/mol. The fraction of sp³-hybridized carbons (Fsp3) is 0.389. The third-order valence-corrected chi connectivity index (χ3v) is 6.07. The zero-order chi connectivity index (χ0) is 18.5. The van der Waals surface area contributed by atoms with Gasteiger partial charge in [-0.2, -0.15) is 0 Å². The van der Waals surface area contributed by atoms with Crippen LogP contribution >= 0.6 is 11.8 Å². The number of β-lactam (4-membered cyclic amide) rings is 1. The first-order valence-electron chi connectivity index (χ1n) is 8.20. The van der Waals surface area contributed by atoms with Gasteiger partial charge in [0, 0.05) is 10.3 Å². The van der Waals surface area contributed by atoms with Gasteiger partial charge in [0.05, 0.1) is 11.8 Å². The van der Waals surface area contributed by atoms with E-state index in [-0.39, 0.29) is 29.4 Å². The molecule has 7 nitrogen and oxygen atoms in total. The monoisotopic (exact) mass is 375 g/mol. The van der Waals surface area contributed by atoms with Gasteiger partial charge in [0.25, 0.3) is 0 Å². The molecule has 0 spiro atoms. The number of amides is 1. The van der Waals surface area contributed by atoms with Crippen LogP contribution in [0.3, 0.4) is 0 Å². The Bertz CT molecular complexity index is 915. The molecule has 2 saturated heterocycles. The maximum absolute atomic E-state index is 12.6. The normalized spacial score (nSPS) is 23.5. The molecule has 136 valence electrons. The van der Waals surface area contributed by atoms with E-state index in [1.54, 1.807) is 40.9 Å². The molecule has 3 heterocycles. The van der Waals surface area contributed by atoms with E-state index in [1.807, 2.05) is 19.9 Å². The standard InChI is InChI=1S/C18H17NO6S/c1-18(2)15(19-12(20)8-13(19)26-18)16(21)23-9-11-14(25-17(22)24-11)10-6-4-3-5-7-10/h3-7,13,15H,8-9H2,1-2H3/t13-,15+/m1/s1. The van der Waals surface area contributed by atoms with Crippen molar-refractivity contribution >= 4 is 23.6 Å². The summed E-state index contributed by atoms with van der Waals surface area (Å²) in [6.45, 7) is 3.60. The second kappa shape index (κ2) is 6.05. The van der Waals surface area contributed by atoms with Gasteiger partial charge in [-0.25, -0.2) is 9.59 Å². The number of benzene rings is 1. The summed E-state index contributed by atoms with van der Waals surface area (Å²) in [7, 11) is 0. The van der Waals surface area contributed by atoms with Crippen LogP contribution in [0.15, 0.2) is 44.0 Å². The molecule has 0 unspecified atom stereocenters. The van der Waals surface area contributed by atoms with E-state index in [1.165, 1.54) is 0 Å². The number of carbonyl (C=O) groups excluding carboxylic acids is 2. The van der Waals surface area contributed by atoms with E-state index in [0.717, 1.165) is 0 Å². The second-order valence-electron chi connectivity index (χ2n) is 6.76. The molecule has 1 amide bonds. The van der Waals surface area contributed by atoms with Crippen molar-refractivity contribution < 1.29 is 23.2 Å². The van der Waals surface area contributed by atoms with Gasteiger partial charge in [0.2, 0.25) is 5.91 Å². The van der Waals surface area contributed by atoms with Crippen molar-refractivity contribution in [1.82, 2.24) is 4.90 Å². The summed E-state index contributed by atoms with van der Waals surface area (Å²) in [6.07, 6.45) is 0.451. The molecule has 1 aromatic carbocycles. The quantitative estimate of drug-likeness (QED) is 0.599. The maximum Gasteiger partial charge on any atom is 0.519 e. The molecule has 2 aliphatic heterocycles. The molecule has 2 aliphatic rings. The van der Waals surface area contributed by atoms with Crippen molar-refractivity contribution in [1.29, 1.82) is 0 Å². The lowest BCUT2D eigenvalue weighted by Gasteiger charge is -2.37. The molecule has 0 bridgehead atoms. The molecule has 26 heavy (non-hydrogen) atoms. The molecule has 0 N–H and O–H groups in total.